The van der Waals surface area contributed by atoms with Crippen molar-refractivity contribution in [1.82, 2.24) is 14.7 Å². The number of nitrogens with zero attached hydrogens (tertiary/aromatic N) is 2. The number of hydrogen-bond acceptors (Lipinski definition) is 3. The third-order valence-electron chi connectivity index (χ3n) is 6.49. The van der Waals surface area contributed by atoms with Gasteiger partial charge in [-0.15, -0.1) is 0 Å². The van der Waals surface area contributed by atoms with Crippen LogP contribution in [0.3, 0.4) is 0 Å². The Bertz CT molecular complexity index is 1470. The number of aromatic nitrogens is 2. The van der Waals surface area contributed by atoms with Gasteiger partial charge in [0.05, 0.1) is 17.9 Å². The fraction of sp³-hybridized carbons (Fsp3) is 0.219. The van der Waals surface area contributed by atoms with Gasteiger partial charge in [-0.25, -0.2) is 4.68 Å². The molecule has 0 fully saturated rings. The maximum absolute atomic E-state index is 13.8. The summed E-state index contributed by atoms with van der Waals surface area (Å²) in [5, 5.41) is 3.20. The van der Waals surface area contributed by atoms with E-state index in [2.05, 4.69) is 5.10 Å². The minimum absolute atomic E-state index is 0.0587. The summed E-state index contributed by atoms with van der Waals surface area (Å²) in [4.78, 5) is 42.2. The Balaban J connectivity index is 1.72. The quantitative estimate of drug-likeness (QED) is 0.202. The van der Waals surface area contributed by atoms with E-state index in [-0.39, 0.29) is 18.0 Å². The number of amides is 1. The second-order valence-electron chi connectivity index (χ2n) is 9.13. The first-order chi connectivity index (χ1) is 18.5. The zero-order chi connectivity index (χ0) is 26.9. The van der Waals surface area contributed by atoms with Gasteiger partial charge in [-0.05, 0) is 36.1 Å². The summed E-state index contributed by atoms with van der Waals surface area (Å²) in [7, 11) is 0. The number of benzene rings is 3. The molecule has 1 N–H and O–H groups in total. The summed E-state index contributed by atoms with van der Waals surface area (Å²) in [5.74, 6) is -0.653. The fourth-order valence-corrected chi connectivity index (χ4v) is 4.41. The van der Waals surface area contributed by atoms with Crippen LogP contribution >= 0.6 is 0 Å². The van der Waals surface area contributed by atoms with Crippen LogP contribution in [0.2, 0.25) is 0 Å². The largest absolute Gasteiger partial charge is 0.331 e. The Morgan fingerprint density at radius 1 is 0.895 bits per heavy atom. The minimum atomic E-state index is -0.419. The first-order valence-electron chi connectivity index (χ1n) is 13.1. The van der Waals surface area contributed by atoms with Crippen LogP contribution in [0.15, 0.2) is 95.8 Å². The molecule has 1 aromatic heterocycles. The van der Waals surface area contributed by atoms with Crippen LogP contribution in [0.5, 0.6) is 0 Å². The van der Waals surface area contributed by atoms with E-state index < -0.39 is 11.3 Å². The molecule has 0 aliphatic rings. The average Bonchev–Trinajstić information content (AvgIpc) is 3.31. The summed E-state index contributed by atoms with van der Waals surface area (Å²) in [6.45, 7) is 4.31. The number of H-pyrrole nitrogens is 1. The van der Waals surface area contributed by atoms with E-state index in [0.717, 1.165) is 36.0 Å². The molecule has 6 nitrogen and oxygen atoms in total. The standard InChI is InChI=1S/C32H33N3O3/c1-3-5-22-34(29(37)21-20-24-14-8-6-9-15-24)23-28(36)30-31(26-17-10-7-11-18-26)33-35(32(30)38)27-19-13-12-16-25(27)4-2/h6-21,33H,3-5,22-23H2,1-2H3. The van der Waals surface area contributed by atoms with Gasteiger partial charge in [0.15, 0.2) is 5.78 Å². The molecule has 4 aromatic rings. The molecule has 4 rings (SSSR count). The van der Waals surface area contributed by atoms with Gasteiger partial charge in [-0.2, -0.15) is 0 Å². The number of unbranched alkanes of at least 4 members (excludes halogenated alkanes) is 1. The van der Waals surface area contributed by atoms with Gasteiger partial charge in [0.1, 0.15) is 5.56 Å². The van der Waals surface area contributed by atoms with E-state index in [0.29, 0.717) is 17.9 Å². The lowest BCUT2D eigenvalue weighted by atomic mass is 10.0. The summed E-state index contributed by atoms with van der Waals surface area (Å²) in [5.41, 5.74) is 3.42. The van der Waals surface area contributed by atoms with Crippen molar-refractivity contribution in [3.05, 3.63) is 118 Å². The number of rotatable bonds is 11. The molecule has 0 spiro atoms. The van der Waals surface area contributed by atoms with Gasteiger partial charge in [0, 0.05) is 18.2 Å². The molecule has 0 atom stereocenters. The maximum Gasteiger partial charge on any atom is 0.282 e. The van der Waals surface area contributed by atoms with E-state index in [4.69, 9.17) is 0 Å². The van der Waals surface area contributed by atoms with E-state index in [1.807, 2.05) is 98.8 Å². The number of aryl methyl sites for hydroxylation is 1. The number of nitrogens with one attached hydrogen (secondary N) is 1. The van der Waals surface area contributed by atoms with Crippen molar-refractivity contribution >= 4 is 17.8 Å². The van der Waals surface area contributed by atoms with Crippen LogP contribution < -0.4 is 5.56 Å². The first-order valence-corrected chi connectivity index (χ1v) is 13.1. The van der Waals surface area contributed by atoms with Crippen LogP contribution in [0.25, 0.3) is 23.0 Å². The molecular weight excluding hydrogens is 474 g/mol. The van der Waals surface area contributed by atoms with Crippen molar-refractivity contribution in [2.45, 2.75) is 33.1 Å². The van der Waals surface area contributed by atoms with Gasteiger partial charge >= 0.3 is 0 Å². The van der Waals surface area contributed by atoms with Crippen molar-refractivity contribution in [3.8, 4) is 16.9 Å². The van der Waals surface area contributed by atoms with Crippen molar-refractivity contribution < 1.29 is 9.59 Å². The molecule has 0 saturated carbocycles. The Morgan fingerprint density at radius 2 is 1.55 bits per heavy atom. The van der Waals surface area contributed by atoms with Gasteiger partial charge in [0.25, 0.3) is 5.56 Å². The SMILES string of the molecule is CCCCN(CC(=O)c1c(-c2ccccc2)[nH]n(-c2ccccc2CC)c1=O)C(=O)C=Cc1ccccc1. The van der Waals surface area contributed by atoms with E-state index in [9.17, 15) is 14.4 Å². The highest BCUT2D eigenvalue weighted by molar-refractivity contribution is 6.05. The van der Waals surface area contributed by atoms with Gasteiger partial charge in [-0.1, -0.05) is 99.1 Å². The highest BCUT2D eigenvalue weighted by Gasteiger charge is 2.26. The van der Waals surface area contributed by atoms with Gasteiger partial charge in [-0.3, -0.25) is 19.5 Å². The van der Waals surface area contributed by atoms with Crippen LogP contribution in [-0.4, -0.2) is 39.5 Å². The third kappa shape index (κ3) is 6.09. The number of aromatic amines is 1. The van der Waals surface area contributed by atoms with Crippen LogP contribution in [0.4, 0.5) is 0 Å². The summed E-state index contributed by atoms with van der Waals surface area (Å²) in [6, 6.07) is 26.5. The number of hydrogen-bond donors (Lipinski definition) is 1. The molecule has 3 aromatic carbocycles. The minimum Gasteiger partial charge on any atom is -0.331 e. The monoisotopic (exact) mass is 507 g/mol. The molecule has 1 heterocycles. The summed E-state index contributed by atoms with van der Waals surface area (Å²) >= 11 is 0. The van der Waals surface area contributed by atoms with Crippen molar-refractivity contribution in [2.24, 2.45) is 0 Å². The highest BCUT2D eigenvalue weighted by atomic mass is 16.2. The van der Waals surface area contributed by atoms with Crippen LogP contribution in [-0.2, 0) is 11.2 Å². The number of para-hydroxylation sites is 1. The predicted octanol–water partition coefficient (Wildman–Crippen LogP) is 5.92. The lowest BCUT2D eigenvalue weighted by Crippen LogP contribution is -2.37. The highest BCUT2D eigenvalue weighted by Crippen LogP contribution is 2.23. The zero-order valence-corrected chi connectivity index (χ0v) is 21.9. The normalized spacial score (nSPS) is 11.1. The Hall–Kier alpha value is -4.45. The van der Waals surface area contributed by atoms with Crippen LogP contribution in [0, 0.1) is 0 Å². The smallest absolute Gasteiger partial charge is 0.282 e. The molecule has 0 unspecified atom stereocenters. The number of ketones is 1. The molecule has 0 aliphatic carbocycles. The summed E-state index contributed by atoms with van der Waals surface area (Å²) in [6.07, 6.45) is 5.60. The van der Waals surface area contributed by atoms with Crippen LogP contribution in [0.1, 0.15) is 48.2 Å². The topological polar surface area (TPSA) is 75.2 Å². The lowest BCUT2D eigenvalue weighted by molar-refractivity contribution is -0.125. The molecule has 0 bridgehead atoms. The number of Topliss-reactive ketones (excluding diaryl/α,β-unsaturated/α-hetero) is 1. The second kappa shape index (κ2) is 12.7. The predicted molar refractivity (Wildman–Crippen MR) is 152 cm³/mol. The fourth-order valence-electron chi connectivity index (χ4n) is 4.41. The Morgan fingerprint density at radius 3 is 2.24 bits per heavy atom. The third-order valence-corrected chi connectivity index (χ3v) is 6.49. The van der Waals surface area contributed by atoms with E-state index >= 15 is 0 Å². The molecule has 38 heavy (non-hydrogen) atoms. The number of carbonyl (C=O) groups excluding carboxylic acids is 2. The maximum atomic E-state index is 13.8. The molecule has 0 aliphatic heterocycles. The van der Waals surface area contributed by atoms with Crippen molar-refractivity contribution in [2.75, 3.05) is 13.1 Å². The molecule has 0 saturated heterocycles. The Labute approximate surface area is 223 Å². The first kappa shape index (κ1) is 26.6. The lowest BCUT2D eigenvalue weighted by Gasteiger charge is -2.20. The van der Waals surface area contributed by atoms with E-state index in [1.165, 1.54) is 15.7 Å². The summed E-state index contributed by atoms with van der Waals surface area (Å²) < 4.78 is 1.45. The van der Waals surface area contributed by atoms with E-state index in [1.54, 1.807) is 6.08 Å². The Kier molecular flexibility index (Phi) is 8.88. The van der Waals surface area contributed by atoms with Gasteiger partial charge < -0.3 is 4.90 Å². The number of carbonyl (C=O) groups is 2. The molecule has 194 valence electrons. The molecule has 0 radical (unpaired) electrons. The van der Waals surface area contributed by atoms with Gasteiger partial charge in [0.2, 0.25) is 5.91 Å². The molecule has 6 heteroatoms. The van der Waals surface area contributed by atoms with Crippen molar-refractivity contribution in [3.63, 3.8) is 0 Å². The second-order valence-corrected chi connectivity index (χ2v) is 9.13. The molecular formula is C32H33N3O3. The zero-order valence-electron chi connectivity index (χ0n) is 21.9. The molecule has 1 amide bonds. The average molecular weight is 508 g/mol. The van der Waals surface area contributed by atoms with Crippen molar-refractivity contribution in [1.29, 1.82) is 0 Å².